The van der Waals surface area contributed by atoms with E-state index in [1.54, 1.807) is 37.4 Å². The maximum atomic E-state index is 12.7. The lowest BCUT2D eigenvalue weighted by atomic mass is 10.1. The fraction of sp³-hybridized carbons (Fsp3) is 0.333. The minimum absolute atomic E-state index is 0.170. The Balaban J connectivity index is 1.75. The molecule has 1 heterocycles. The Labute approximate surface area is 170 Å². The number of hydrogen-bond donors (Lipinski definition) is 1. The molecule has 148 valence electrons. The van der Waals surface area contributed by atoms with Crippen molar-refractivity contribution >= 4 is 34.8 Å². The molecule has 3 rings (SSSR count). The van der Waals surface area contributed by atoms with Gasteiger partial charge in [0.05, 0.1) is 18.5 Å². The molecule has 2 amide bonds. The zero-order valence-electron chi connectivity index (χ0n) is 16.1. The van der Waals surface area contributed by atoms with E-state index in [1.807, 2.05) is 24.0 Å². The Hall–Kier alpha value is -2.73. The SMILES string of the molecule is CCC(=O)N1CCN(c2ccc(Cl)cc2NC(=O)c2ccc(OC)cc2)CC1. The number of carbonyl (C=O) groups is 2. The molecule has 2 aromatic rings. The molecule has 7 heteroatoms. The molecule has 1 N–H and O–H groups in total. The van der Waals surface area contributed by atoms with Crippen molar-refractivity contribution in [1.82, 2.24) is 4.90 Å². The van der Waals surface area contributed by atoms with Gasteiger partial charge in [0, 0.05) is 43.2 Å². The highest BCUT2D eigenvalue weighted by molar-refractivity contribution is 6.31. The van der Waals surface area contributed by atoms with Crippen LogP contribution in [0.2, 0.25) is 5.02 Å². The molecule has 0 saturated carbocycles. The van der Waals surface area contributed by atoms with E-state index < -0.39 is 0 Å². The van der Waals surface area contributed by atoms with Gasteiger partial charge in [0.25, 0.3) is 5.91 Å². The van der Waals surface area contributed by atoms with Crippen molar-refractivity contribution in [2.75, 3.05) is 43.5 Å². The van der Waals surface area contributed by atoms with Crippen molar-refractivity contribution in [3.63, 3.8) is 0 Å². The van der Waals surface area contributed by atoms with Gasteiger partial charge in [0.1, 0.15) is 5.75 Å². The highest BCUT2D eigenvalue weighted by Gasteiger charge is 2.22. The lowest BCUT2D eigenvalue weighted by molar-refractivity contribution is -0.131. The summed E-state index contributed by atoms with van der Waals surface area (Å²) in [7, 11) is 1.58. The molecular weight excluding hydrogens is 378 g/mol. The molecule has 2 aromatic carbocycles. The molecule has 0 radical (unpaired) electrons. The number of methoxy groups -OCH3 is 1. The molecule has 6 nitrogen and oxygen atoms in total. The fourth-order valence-corrected chi connectivity index (χ4v) is 3.41. The Bertz CT molecular complexity index is 846. The maximum Gasteiger partial charge on any atom is 0.255 e. The second kappa shape index (κ2) is 8.97. The van der Waals surface area contributed by atoms with Crippen LogP contribution in [0, 0.1) is 0 Å². The van der Waals surface area contributed by atoms with Gasteiger partial charge >= 0.3 is 0 Å². The molecule has 0 bridgehead atoms. The first-order valence-electron chi connectivity index (χ1n) is 9.29. The quantitative estimate of drug-likeness (QED) is 0.830. The topological polar surface area (TPSA) is 61.9 Å². The number of piperazine rings is 1. The van der Waals surface area contributed by atoms with Crippen LogP contribution in [-0.4, -0.2) is 50.0 Å². The molecular formula is C21H24ClN3O3. The van der Waals surface area contributed by atoms with Crippen molar-refractivity contribution in [3.05, 3.63) is 53.1 Å². The Morgan fingerprint density at radius 1 is 1.07 bits per heavy atom. The number of hydrogen-bond acceptors (Lipinski definition) is 4. The number of benzene rings is 2. The third kappa shape index (κ3) is 4.57. The Morgan fingerprint density at radius 2 is 1.75 bits per heavy atom. The first kappa shape index (κ1) is 20.0. The summed E-state index contributed by atoms with van der Waals surface area (Å²) >= 11 is 6.17. The van der Waals surface area contributed by atoms with E-state index >= 15 is 0 Å². The normalized spacial score (nSPS) is 14.0. The predicted molar refractivity (Wildman–Crippen MR) is 111 cm³/mol. The van der Waals surface area contributed by atoms with Crippen LogP contribution < -0.4 is 15.0 Å². The molecule has 1 saturated heterocycles. The van der Waals surface area contributed by atoms with Crippen LogP contribution in [0.25, 0.3) is 0 Å². The number of halogens is 1. The molecule has 0 unspecified atom stereocenters. The van der Waals surface area contributed by atoms with Gasteiger partial charge < -0.3 is 19.9 Å². The third-order valence-electron chi connectivity index (χ3n) is 4.83. The van der Waals surface area contributed by atoms with Crippen LogP contribution in [0.15, 0.2) is 42.5 Å². The standard InChI is InChI=1S/C21H24ClN3O3/c1-3-20(26)25-12-10-24(11-13-25)19-9-6-16(22)14-18(19)23-21(27)15-4-7-17(28-2)8-5-15/h4-9,14H,3,10-13H2,1-2H3,(H,23,27). The van der Waals surface area contributed by atoms with Crippen LogP contribution in [0.4, 0.5) is 11.4 Å². The lowest BCUT2D eigenvalue weighted by Gasteiger charge is -2.37. The van der Waals surface area contributed by atoms with Gasteiger partial charge in [0.15, 0.2) is 0 Å². The van der Waals surface area contributed by atoms with Gasteiger partial charge in [-0.1, -0.05) is 18.5 Å². The summed E-state index contributed by atoms with van der Waals surface area (Å²) in [6.45, 7) is 4.63. The van der Waals surface area contributed by atoms with Crippen molar-refractivity contribution in [3.8, 4) is 5.75 Å². The number of nitrogens with zero attached hydrogens (tertiary/aromatic N) is 2. The van der Waals surface area contributed by atoms with E-state index in [4.69, 9.17) is 16.3 Å². The number of rotatable bonds is 5. The zero-order chi connectivity index (χ0) is 20.1. The van der Waals surface area contributed by atoms with E-state index in [0.717, 1.165) is 5.69 Å². The minimum Gasteiger partial charge on any atom is -0.497 e. The summed E-state index contributed by atoms with van der Waals surface area (Å²) in [5.74, 6) is 0.647. The minimum atomic E-state index is -0.217. The number of carbonyl (C=O) groups excluding carboxylic acids is 2. The summed E-state index contributed by atoms with van der Waals surface area (Å²) in [6, 6.07) is 12.4. The molecule has 1 aliphatic heterocycles. The maximum absolute atomic E-state index is 12.7. The average Bonchev–Trinajstić information content (AvgIpc) is 2.73. The summed E-state index contributed by atoms with van der Waals surface area (Å²) in [5, 5.41) is 3.51. The van der Waals surface area contributed by atoms with Crippen molar-refractivity contribution in [2.45, 2.75) is 13.3 Å². The largest absolute Gasteiger partial charge is 0.497 e. The first-order chi connectivity index (χ1) is 13.5. The molecule has 1 fully saturated rings. The smallest absolute Gasteiger partial charge is 0.255 e. The van der Waals surface area contributed by atoms with Gasteiger partial charge in [-0.2, -0.15) is 0 Å². The average molecular weight is 402 g/mol. The van der Waals surface area contributed by atoms with Crippen molar-refractivity contribution in [2.24, 2.45) is 0 Å². The molecule has 28 heavy (non-hydrogen) atoms. The lowest BCUT2D eigenvalue weighted by Crippen LogP contribution is -2.48. The number of amides is 2. The van der Waals surface area contributed by atoms with Gasteiger partial charge in [-0.25, -0.2) is 0 Å². The number of nitrogens with one attached hydrogen (secondary N) is 1. The second-order valence-electron chi connectivity index (χ2n) is 6.57. The monoisotopic (exact) mass is 401 g/mol. The molecule has 0 aliphatic carbocycles. The summed E-state index contributed by atoms with van der Waals surface area (Å²) in [6.07, 6.45) is 0.518. The summed E-state index contributed by atoms with van der Waals surface area (Å²) in [5.41, 5.74) is 2.09. The molecule has 0 aromatic heterocycles. The van der Waals surface area contributed by atoms with E-state index in [0.29, 0.717) is 54.6 Å². The van der Waals surface area contributed by atoms with E-state index in [2.05, 4.69) is 10.2 Å². The summed E-state index contributed by atoms with van der Waals surface area (Å²) in [4.78, 5) is 28.6. The van der Waals surface area contributed by atoms with Gasteiger partial charge in [-0.05, 0) is 42.5 Å². The second-order valence-corrected chi connectivity index (χ2v) is 7.00. The van der Waals surface area contributed by atoms with Crippen LogP contribution in [0.1, 0.15) is 23.7 Å². The van der Waals surface area contributed by atoms with E-state index in [9.17, 15) is 9.59 Å². The van der Waals surface area contributed by atoms with E-state index in [1.165, 1.54) is 0 Å². The van der Waals surface area contributed by atoms with Crippen LogP contribution >= 0.6 is 11.6 Å². The van der Waals surface area contributed by atoms with Crippen LogP contribution in [0.5, 0.6) is 5.75 Å². The van der Waals surface area contributed by atoms with Crippen molar-refractivity contribution < 1.29 is 14.3 Å². The molecule has 0 atom stereocenters. The van der Waals surface area contributed by atoms with Crippen molar-refractivity contribution in [1.29, 1.82) is 0 Å². The molecule has 1 aliphatic rings. The number of ether oxygens (including phenoxy) is 1. The summed E-state index contributed by atoms with van der Waals surface area (Å²) < 4.78 is 5.13. The van der Waals surface area contributed by atoms with Crippen LogP contribution in [-0.2, 0) is 4.79 Å². The van der Waals surface area contributed by atoms with E-state index in [-0.39, 0.29) is 11.8 Å². The number of anilines is 2. The highest BCUT2D eigenvalue weighted by Crippen LogP contribution is 2.30. The van der Waals surface area contributed by atoms with Gasteiger partial charge in [-0.3, -0.25) is 9.59 Å². The molecule has 0 spiro atoms. The highest BCUT2D eigenvalue weighted by atomic mass is 35.5. The Kier molecular flexibility index (Phi) is 6.41. The third-order valence-corrected chi connectivity index (χ3v) is 5.07. The fourth-order valence-electron chi connectivity index (χ4n) is 3.24. The first-order valence-corrected chi connectivity index (χ1v) is 9.67. The van der Waals surface area contributed by atoms with Crippen LogP contribution in [0.3, 0.4) is 0 Å². The Morgan fingerprint density at radius 3 is 2.36 bits per heavy atom. The predicted octanol–water partition coefficient (Wildman–Crippen LogP) is 3.66. The zero-order valence-corrected chi connectivity index (χ0v) is 16.8. The van der Waals surface area contributed by atoms with Gasteiger partial charge in [0.2, 0.25) is 5.91 Å². The van der Waals surface area contributed by atoms with Gasteiger partial charge in [-0.15, -0.1) is 0 Å².